The molecule has 0 spiro atoms. The molecule has 4 nitrogen and oxygen atoms in total. The minimum atomic E-state index is -4.77. The highest BCUT2D eigenvalue weighted by atomic mass is 35.5. The third kappa shape index (κ3) is 2.86. The quantitative estimate of drug-likeness (QED) is 0.508. The lowest BCUT2D eigenvalue weighted by Crippen LogP contribution is -2.42. The minimum absolute atomic E-state index is 0.0614. The van der Waals surface area contributed by atoms with Gasteiger partial charge in [-0.15, -0.1) is 0 Å². The molecule has 0 fully saturated rings. The fraction of sp³-hybridized carbons (Fsp3) is 0.158. The van der Waals surface area contributed by atoms with Crippen molar-refractivity contribution in [1.82, 2.24) is 4.40 Å². The first-order valence-electron chi connectivity index (χ1n) is 8.09. The van der Waals surface area contributed by atoms with Gasteiger partial charge in [0.05, 0.1) is 17.6 Å². The molecule has 1 aliphatic rings. The number of carbonyl (C=O) groups is 1. The summed E-state index contributed by atoms with van der Waals surface area (Å²) in [7, 11) is 0. The number of benzene rings is 1. The summed E-state index contributed by atoms with van der Waals surface area (Å²) in [6.45, 7) is 0. The van der Waals surface area contributed by atoms with Gasteiger partial charge >= 0.3 is 6.18 Å². The molecule has 9 heteroatoms. The van der Waals surface area contributed by atoms with Crippen molar-refractivity contribution in [2.75, 3.05) is 0 Å². The average Bonchev–Trinajstić information content (AvgIpc) is 3.27. The van der Waals surface area contributed by atoms with E-state index in [0.717, 1.165) is 0 Å². The van der Waals surface area contributed by atoms with E-state index in [1.807, 2.05) is 0 Å². The van der Waals surface area contributed by atoms with Crippen molar-refractivity contribution < 1.29 is 22.8 Å². The van der Waals surface area contributed by atoms with Crippen molar-refractivity contribution in [2.24, 2.45) is 5.16 Å². The van der Waals surface area contributed by atoms with Gasteiger partial charge in [-0.1, -0.05) is 28.4 Å². The van der Waals surface area contributed by atoms with Gasteiger partial charge in [-0.3, -0.25) is 4.79 Å². The topological polar surface area (TPSA) is 43.1 Å². The Kier molecular flexibility index (Phi) is 4.39. The first-order valence-corrected chi connectivity index (χ1v) is 8.85. The summed E-state index contributed by atoms with van der Waals surface area (Å²) in [5, 5.41) is 3.87. The van der Waals surface area contributed by atoms with Crippen LogP contribution >= 0.6 is 23.2 Å². The lowest BCUT2D eigenvalue weighted by atomic mass is 9.87. The number of pyridine rings is 1. The van der Waals surface area contributed by atoms with E-state index in [2.05, 4.69) is 5.16 Å². The number of alkyl halides is 3. The molecule has 1 aliphatic heterocycles. The van der Waals surface area contributed by atoms with E-state index in [-0.39, 0.29) is 21.3 Å². The van der Waals surface area contributed by atoms with E-state index in [4.69, 9.17) is 28.0 Å². The summed E-state index contributed by atoms with van der Waals surface area (Å²) in [6, 6.07) is 10.1. The first kappa shape index (κ1) is 18.8. The van der Waals surface area contributed by atoms with Gasteiger partial charge in [-0.2, -0.15) is 13.2 Å². The SMILES string of the molecule is O=Cc1ccc(C2=NOC(c3cc(Cl)cc(Cl)c3)(C(F)(F)F)C2)n2cccc12. The molecule has 1 aromatic carbocycles. The number of aromatic nitrogens is 1. The van der Waals surface area contributed by atoms with Gasteiger partial charge in [0, 0.05) is 27.4 Å². The zero-order valence-electron chi connectivity index (χ0n) is 14.0. The Balaban J connectivity index is 1.82. The first-order chi connectivity index (χ1) is 13.2. The van der Waals surface area contributed by atoms with Crippen LogP contribution in [-0.2, 0) is 10.4 Å². The summed E-state index contributed by atoms with van der Waals surface area (Å²) in [6.07, 6.45) is -3.02. The van der Waals surface area contributed by atoms with Crippen molar-refractivity contribution in [3.63, 3.8) is 0 Å². The third-order valence-electron chi connectivity index (χ3n) is 4.66. The van der Waals surface area contributed by atoms with Crippen LogP contribution in [0.1, 0.15) is 28.0 Å². The lowest BCUT2D eigenvalue weighted by molar-refractivity contribution is -0.275. The summed E-state index contributed by atoms with van der Waals surface area (Å²) in [4.78, 5) is 16.2. The summed E-state index contributed by atoms with van der Waals surface area (Å²) < 4.78 is 43.9. The predicted molar refractivity (Wildman–Crippen MR) is 99.2 cm³/mol. The normalized spacial score (nSPS) is 19.5. The number of aldehydes is 1. The molecule has 0 saturated heterocycles. The lowest BCUT2D eigenvalue weighted by Gasteiger charge is -2.29. The fourth-order valence-electron chi connectivity index (χ4n) is 3.32. The van der Waals surface area contributed by atoms with Gasteiger partial charge in [0.15, 0.2) is 6.29 Å². The van der Waals surface area contributed by atoms with Crippen molar-refractivity contribution in [3.05, 3.63) is 75.5 Å². The van der Waals surface area contributed by atoms with Crippen molar-refractivity contribution in [3.8, 4) is 0 Å². The molecule has 144 valence electrons. The maximum Gasteiger partial charge on any atom is 0.435 e. The van der Waals surface area contributed by atoms with E-state index < -0.39 is 18.2 Å². The number of hydrogen-bond donors (Lipinski definition) is 0. The Morgan fingerprint density at radius 2 is 1.86 bits per heavy atom. The van der Waals surface area contributed by atoms with Gasteiger partial charge in [0.25, 0.3) is 5.60 Å². The van der Waals surface area contributed by atoms with Crippen LogP contribution in [0.15, 0.2) is 53.8 Å². The molecule has 0 saturated carbocycles. The Morgan fingerprint density at radius 1 is 1.14 bits per heavy atom. The smallest absolute Gasteiger partial charge is 0.374 e. The summed E-state index contributed by atoms with van der Waals surface area (Å²) in [5.74, 6) is 0. The zero-order chi connectivity index (χ0) is 20.1. The van der Waals surface area contributed by atoms with Crippen molar-refractivity contribution in [2.45, 2.75) is 18.2 Å². The molecule has 0 amide bonds. The Morgan fingerprint density at radius 3 is 2.50 bits per heavy atom. The van der Waals surface area contributed by atoms with Crippen LogP contribution < -0.4 is 0 Å². The summed E-state index contributed by atoms with van der Waals surface area (Å²) in [5.41, 5.74) is -1.48. The maximum atomic E-state index is 14.1. The molecule has 0 radical (unpaired) electrons. The number of rotatable bonds is 3. The van der Waals surface area contributed by atoms with Crippen LogP contribution in [0.4, 0.5) is 13.2 Å². The number of carbonyl (C=O) groups excluding carboxylic acids is 1. The van der Waals surface area contributed by atoms with Crippen LogP contribution in [0.2, 0.25) is 10.0 Å². The molecule has 1 unspecified atom stereocenters. The van der Waals surface area contributed by atoms with Crippen LogP contribution in [0.25, 0.3) is 5.52 Å². The Hall–Kier alpha value is -2.51. The highest BCUT2D eigenvalue weighted by Crippen LogP contribution is 2.49. The number of hydrogen-bond acceptors (Lipinski definition) is 3. The average molecular weight is 427 g/mol. The molecule has 4 rings (SSSR count). The highest BCUT2D eigenvalue weighted by molar-refractivity contribution is 6.34. The largest absolute Gasteiger partial charge is 0.435 e. The van der Waals surface area contributed by atoms with Crippen molar-refractivity contribution >= 4 is 40.7 Å². The van der Waals surface area contributed by atoms with Crippen LogP contribution in [0, 0.1) is 0 Å². The van der Waals surface area contributed by atoms with Crippen LogP contribution in [0.5, 0.6) is 0 Å². The number of halogens is 5. The second kappa shape index (κ2) is 6.53. The summed E-state index contributed by atoms with van der Waals surface area (Å²) >= 11 is 11.8. The fourth-order valence-corrected chi connectivity index (χ4v) is 3.85. The Bertz CT molecular complexity index is 1100. The standard InChI is InChI=1S/C19H11Cl2F3N2O2/c20-13-6-12(7-14(21)8-13)18(19(22,23)24)9-15(25-28-18)17-4-3-11(10-27)16-2-1-5-26(16)17/h1-8,10H,9H2. The molecule has 0 aliphatic carbocycles. The second-order valence-electron chi connectivity index (χ2n) is 6.34. The van der Waals surface area contributed by atoms with E-state index >= 15 is 0 Å². The minimum Gasteiger partial charge on any atom is -0.374 e. The molecule has 28 heavy (non-hydrogen) atoms. The number of nitrogens with zero attached hydrogens (tertiary/aromatic N) is 2. The zero-order valence-corrected chi connectivity index (χ0v) is 15.5. The van der Waals surface area contributed by atoms with E-state index in [9.17, 15) is 18.0 Å². The molecule has 2 aromatic heterocycles. The number of oxime groups is 1. The van der Waals surface area contributed by atoms with Crippen molar-refractivity contribution in [1.29, 1.82) is 0 Å². The molecule has 0 bridgehead atoms. The molecule has 3 aromatic rings. The predicted octanol–water partition coefficient (Wildman–Crippen LogP) is 5.64. The Labute approximate surface area is 167 Å². The van der Waals surface area contributed by atoms with E-state index in [1.165, 1.54) is 30.3 Å². The van der Waals surface area contributed by atoms with Gasteiger partial charge in [0.1, 0.15) is 5.71 Å². The monoisotopic (exact) mass is 426 g/mol. The van der Waals surface area contributed by atoms with E-state index in [0.29, 0.717) is 23.1 Å². The van der Waals surface area contributed by atoms with Crippen LogP contribution in [0.3, 0.4) is 0 Å². The van der Waals surface area contributed by atoms with Gasteiger partial charge < -0.3 is 9.24 Å². The molecule has 0 N–H and O–H groups in total. The van der Waals surface area contributed by atoms with E-state index in [1.54, 1.807) is 22.7 Å². The highest BCUT2D eigenvalue weighted by Gasteiger charge is 2.62. The molecular formula is C19H11Cl2F3N2O2. The second-order valence-corrected chi connectivity index (χ2v) is 7.22. The molecule has 3 heterocycles. The third-order valence-corrected chi connectivity index (χ3v) is 5.10. The number of fused-ring (bicyclic) bond motifs is 1. The van der Waals surface area contributed by atoms with Gasteiger partial charge in [0.2, 0.25) is 0 Å². The van der Waals surface area contributed by atoms with Crippen LogP contribution in [-0.4, -0.2) is 22.6 Å². The molecule has 1 atom stereocenters. The van der Waals surface area contributed by atoms with Gasteiger partial charge in [-0.25, -0.2) is 0 Å². The molecular weight excluding hydrogens is 416 g/mol. The van der Waals surface area contributed by atoms with Gasteiger partial charge in [-0.05, 0) is 42.5 Å². The maximum absolute atomic E-state index is 14.1.